The van der Waals surface area contributed by atoms with E-state index in [2.05, 4.69) is 174 Å². The van der Waals surface area contributed by atoms with Crippen LogP contribution in [0.4, 0.5) is 0 Å². The zero-order valence-corrected chi connectivity index (χ0v) is 31.7. The molecule has 2 aliphatic heterocycles. The third kappa shape index (κ3) is 4.79. The van der Waals surface area contributed by atoms with Crippen molar-refractivity contribution in [2.45, 2.75) is 0 Å². The normalized spacial score (nSPS) is 12.6. The summed E-state index contributed by atoms with van der Waals surface area (Å²) in [5, 5.41) is 4.71. The van der Waals surface area contributed by atoms with Gasteiger partial charge in [-0.3, -0.25) is 0 Å². The van der Waals surface area contributed by atoms with Crippen molar-refractivity contribution in [1.82, 2.24) is 4.57 Å². The average molecular weight is 754 g/mol. The first-order chi connectivity index (χ1) is 29.2. The number of furan rings is 1. The van der Waals surface area contributed by atoms with Gasteiger partial charge in [0.05, 0.1) is 16.7 Å². The molecule has 0 spiro atoms. The number of benzene rings is 9. The first-order valence-electron chi connectivity index (χ1n) is 20.1. The van der Waals surface area contributed by atoms with Gasteiger partial charge in [0.2, 0.25) is 0 Å². The van der Waals surface area contributed by atoms with Crippen molar-refractivity contribution in [3.63, 3.8) is 0 Å². The second-order valence-corrected chi connectivity index (χ2v) is 15.5. The Hall–Kier alpha value is -7.76. The van der Waals surface area contributed by atoms with Crippen molar-refractivity contribution in [1.29, 1.82) is 0 Å². The Morgan fingerprint density at radius 1 is 0.373 bits per heavy atom. The van der Waals surface area contributed by atoms with Gasteiger partial charge in [0.1, 0.15) is 28.4 Å². The predicted molar refractivity (Wildman–Crippen MR) is 242 cm³/mol. The molecule has 0 saturated carbocycles. The summed E-state index contributed by atoms with van der Waals surface area (Å²) in [5.41, 5.74) is 16.2. The zero-order chi connectivity index (χ0) is 38.6. The van der Waals surface area contributed by atoms with Gasteiger partial charge in [0.25, 0.3) is 0 Å². The van der Waals surface area contributed by atoms with Gasteiger partial charge in [0, 0.05) is 43.6 Å². The van der Waals surface area contributed by atoms with E-state index in [-0.39, 0.29) is 6.92 Å². The van der Waals surface area contributed by atoms with E-state index in [1.165, 1.54) is 21.8 Å². The van der Waals surface area contributed by atoms with Gasteiger partial charge in [-0.2, -0.15) is 0 Å². The van der Waals surface area contributed by atoms with Crippen LogP contribution in [0.5, 0.6) is 17.2 Å². The van der Waals surface area contributed by atoms with E-state index in [4.69, 9.17) is 13.8 Å². The van der Waals surface area contributed by atoms with Crippen LogP contribution in [-0.4, -0.2) is 11.5 Å². The molecule has 0 bridgehead atoms. The highest BCUT2D eigenvalue weighted by Crippen LogP contribution is 2.46. The molecule has 4 nitrogen and oxygen atoms in total. The second-order valence-electron chi connectivity index (χ2n) is 15.5. The van der Waals surface area contributed by atoms with Crippen LogP contribution in [0, 0.1) is 0 Å². The van der Waals surface area contributed by atoms with Crippen LogP contribution in [0.2, 0.25) is 0 Å². The lowest BCUT2D eigenvalue weighted by molar-refractivity contribution is 0.479. The Labute approximate surface area is 340 Å². The molecule has 59 heavy (non-hydrogen) atoms. The Morgan fingerprint density at radius 2 is 0.983 bits per heavy atom. The summed E-state index contributed by atoms with van der Waals surface area (Å²) in [7, 11) is 0. The van der Waals surface area contributed by atoms with Crippen LogP contribution in [0.3, 0.4) is 0 Å². The maximum Gasteiger partial charge on any atom is 0.434 e. The third-order valence-electron chi connectivity index (χ3n) is 12.3. The van der Waals surface area contributed by atoms with Crippen molar-refractivity contribution in [3.05, 3.63) is 194 Å². The van der Waals surface area contributed by atoms with Gasteiger partial charge >= 0.3 is 6.92 Å². The fourth-order valence-electron chi connectivity index (χ4n) is 9.66. The highest BCUT2D eigenvalue weighted by molar-refractivity contribution is 6.84. The molecule has 11 aromatic rings. The summed E-state index contributed by atoms with van der Waals surface area (Å²) in [6.07, 6.45) is 0. The molecular weight excluding hydrogens is 721 g/mol. The number of nitrogens with zero attached hydrogens (tertiary/aromatic N) is 1. The minimum Gasteiger partial charge on any atom is -0.551 e. The molecule has 5 heteroatoms. The maximum absolute atomic E-state index is 7.10. The lowest BCUT2D eigenvalue weighted by Gasteiger charge is -2.33. The smallest absolute Gasteiger partial charge is 0.434 e. The molecule has 0 N–H and O–H groups in total. The second kappa shape index (κ2) is 12.4. The number of hydrogen-bond donors (Lipinski definition) is 0. The van der Waals surface area contributed by atoms with E-state index in [0.29, 0.717) is 0 Å². The molecular formula is C54H32BNO3. The molecule has 2 aromatic heterocycles. The van der Waals surface area contributed by atoms with Crippen LogP contribution < -0.4 is 20.3 Å². The number of aromatic nitrogens is 1. The van der Waals surface area contributed by atoms with E-state index in [1.807, 2.05) is 24.3 Å². The number of para-hydroxylation sites is 5. The fraction of sp³-hybridized carbons (Fsp3) is 0. The van der Waals surface area contributed by atoms with Crippen LogP contribution in [0.1, 0.15) is 0 Å². The molecule has 9 aromatic carbocycles. The van der Waals surface area contributed by atoms with E-state index in [0.717, 1.165) is 100 Å². The summed E-state index contributed by atoms with van der Waals surface area (Å²) in [4.78, 5) is 0. The summed E-state index contributed by atoms with van der Waals surface area (Å²) < 4.78 is 22.5. The van der Waals surface area contributed by atoms with E-state index in [9.17, 15) is 0 Å². The first-order valence-corrected chi connectivity index (χ1v) is 20.1. The van der Waals surface area contributed by atoms with Gasteiger partial charge in [-0.05, 0) is 94.0 Å². The summed E-state index contributed by atoms with van der Waals surface area (Å²) >= 11 is 0. The van der Waals surface area contributed by atoms with E-state index in [1.54, 1.807) is 0 Å². The topological polar surface area (TPSA) is 36.5 Å². The third-order valence-corrected chi connectivity index (χ3v) is 12.3. The average Bonchev–Trinajstić information content (AvgIpc) is 3.84. The van der Waals surface area contributed by atoms with Crippen LogP contribution >= 0.6 is 0 Å². The first kappa shape index (κ1) is 32.3. The molecule has 13 rings (SSSR count). The van der Waals surface area contributed by atoms with E-state index < -0.39 is 0 Å². The zero-order valence-electron chi connectivity index (χ0n) is 31.7. The molecule has 0 aliphatic carbocycles. The Kier molecular flexibility index (Phi) is 6.78. The summed E-state index contributed by atoms with van der Waals surface area (Å²) in [6, 6.07) is 68.9. The van der Waals surface area contributed by atoms with Gasteiger partial charge < -0.3 is 18.4 Å². The summed E-state index contributed by atoms with van der Waals surface area (Å²) in [5.74, 6) is 2.48. The van der Waals surface area contributed by atoms with Gasteiger partial charge in [-0.25, -0.2) is 0 Å². The molecule has 4 heterocycles. The van der Waals surface area contributed by atoms with Gasteiger partial charge in [-0.15, -0.1) is 0 Å². The molecule has 0 atom stereocenters. The standard InChI is InChI=1S/C54H32BNO3/c1-2-14-37(36(13-1)33-26-28-50-43(29-33)41-18-6-11-23-49(41)57-50)34-25-27-42-44-30-35(32-53-54(44)55(59-52(42)31-34)45-19-7-12-24-51(45)58-53)38-15-3-8-20-46(38)56-47-21-9-4-16-39(47)40-17-5-10-22-48(40)56/h1-32H. The molecule has 0 radical (unpaired) electrons. The van der Waals surface area contributed by atoms with E-state index >= 15 is 0 Å². The largest absolute Gasteiger partial charge is 0.551 e. The van der Waals surface area contributed by atoms with Gasteiger partial charge in [-0.1, -0.05) is 133 Å². The van der Waals surface area contributed by atoms with Crippen molar-refractivity contribution in [2.75, 3.05) is 0 Å². The maximum atomic E-state index is 7.10. The minimum absolute atomic E-state index is 0.318. The lowest BCUT2D eigenvalue weighted by atomic mass is 9.50. The Morgan fingerprint density at radius 3 is 1.80 bits per heavy atom. The molecule has 0 unspecified atom stereocenters. The Bertz CT molecular complexity index is 3490. The molecule has 0 saturated heterocycles. The quantitative estimate of drug-likeness (QED) is 0.168. The number of rotatable bonds is 4. The van der Waals surface area contributed by atoms with Crippen molar-refractivity contribution in [3.8, 4) is 67.4 Å². The predicted octanol–water partition coefficient (Wildman–Crippen LogP) is 13.0. The number of ether oxygens (including phenoxy) is 1. The van der Waals surface area contributed by atoms with Crippen LogP contribution in [0.15, 0.2) is 199 Å². The fourth-order valence-corrected chi connectivity index (χ4v) is 9.66. The monoisotopic (exact) mass is 753 g/mol. The Balaban J connectivity index is 0.991. The molecule has 0 amide bonds. The highest BCUT2D eigenvalue weighted by Gasteiger charge is 2.41. The van der Waals surface area contributed by atoms with Crippen LogP contribution in [-0.2, 0) is 0 Å². The SMILES string of the molecule is c1ccc2c(c1)Oc1cc(-c3ccccc3-n3c4ccccc4c4ccccc43)cc3c1B2Oc1cc(-c2ccccc2-c2ccc4oc5ccccc5c4c2)ccc1-3. The molecule has 2 aliphatic rings. The molecule has 274 valence electrons. The highest BCUT2D eigenvalue weighted by atomic mass is 16.5. The minimum atomic E-state index is -0.318. The van der Waals surface area contributed by atoms with Gasteiger partial charge in [0.15, 0.2) is 0 Å². The van der Waals surface area contributed by atoms with Crippen molar-refractivity contribution in [2.24, 2.45) is 0 Å². The number of hydrogen-bond acceptors (Lipinski definition) is 3. The van der Waals surface area contributed by atoms with Crippen molar-refractivity contribution >= 4 is 61.6 Å². The lowest BCUT2D eigenvalue weighted by Crippen LogP contribution is -2.53. The van der Waals surface area contributed by atoms with Crippen LogP contribution in [0.25, 0.3) is 93.9 Å². The van der Waals surface area contributed by atoms with Crippen molar-refractivity contribution < 1.29 is 13.8 Å². The number of fused-ring (bicyclic) bond motifs is 10. The molecule has 0 fully saturated rings. The summed E-state index contributed by atoms with van der Waals surface area (Å²) in [6.45, 7) is -0.318.